The highest BCUT2D eigenvalue weighted by Crippen LogP contribution is 2.14. The van der Waals surface area contributed by atoms with E-state index >= 15 is 0 Å². The fraction of sp³-hybridized carbons (Fsp3) is 0.214. The number of nitrogens with zero attached hydrogens (tertiary/aromatic N) is 1. The van der Waals surface area contributed by atoms with Crippen LogP contribution in [0.5, 0.6) is 5.75 Å². The molecule has 0 aliphatic carbocycles. The highest BCUT2D eigenvalue weighted by molar-refractivity contribution is 5.43. The van der Waals surface area contributed by atoms with Crippen LogP contribution in [0.3, 0.4) is 0 Å². The van der Waals surface area contributed by atoms with Gasteiger partial charge >= 0.3 is 0 Å². The van der Waals surface area contributed by atoms with Crippen LogP contribution in [0.25, 0.3) is 0 Å². The zero-order chi connectivity index (χ0) is 12.1. The van der Waals surface area contributed by atoms with Crippen LogP contribution in [0, 0.1) is 6.92 Å². The third kappa shape index (κ3) is 2.97. The fourth-order valence-electron chi connectivity index (χ4n) is 1.60. The van der Waals surface area contributed by atoms with Gasteiger partial charge in [0, 0.05) is 12.7 Å². The molecule has 1 aromatic heterocycles. The van der Waals surface area contributed by atoms with E-state index < -0.39 is 0 Å². The Labute approximate surface area is 101 Å². The molecule has 0 aliphatic heterocycles. The van der Waals surface area contributed by atoms with Crippen molar-refractivity contribution in [3.05, 3.63) is 53.7 Å². The lowest BCUT2D eigenvalue weighted by Crippen LogP contribution is -2.02. The summed E-state index contributed by atoms with van der Waals surface area (Å²) in [6, 6.07) is 12.0. The number of benzene rings is 1. The zero-order valence-corrected chi connectivity index (χ0v) is 10.1. The quantitative estimate of drug-likeness (QED) is 0.873. The fourth-order valence-corrected chi connectivity index (χ4v) is 1.60. The van der Waals surface area contributed by atoms with E-state index in [0.717, 1.165) is 23.7 Å². The minimum atomic E-state index is 0.766. The molecule has 0 bridgehead atoms. The van der Waals surface area contributed by atoms with Gasteiger partial charge in [-0.2, -0.15) is 0 Å². The largest absolute Gasteiger partial charge is 0.497 e. The van der Waals surface area contributed by atoms with E-state index in [1.807, 2.05) is 43.3 Å². The number of anilines is 1. The van der Waals surface area contributed by atoms with Gasteiger partial charge in [0.15, 0.2) is 0 Å². The van der Waals surface area contributed by atoms with E-state index in [9.17, 15) is 0 Å². The molecule has 0 saturated heterocycles. The molecule has 0 radical (unpaired) electrons. The van der Waals surface area contributed by atoms with Gasteiger partial charge in [-0.05, 0) is 36.2 Å². The molecule has 88 valence electrons. The molecule has 1 heterocycles. The Morgan fingerprint density at radius 3 is 2.59 bits per heavy atom. The number of ether oxygens (including phenoxy) is 1. The Bertz CT molecular complexity index is 480. The maximum Gasteiger partial charge on any atom is 0.129 e. The van der Waals surface area contributed by atoms with Crippen molar-refractivity contribution in [2.75, 3.05) is 12.4 Å². The third-order valence-electron chi connectivity index (χ3n) is 2.63. The van der Waals surface area contributed by atoms with Crippen molar-refractivity contribution in [2.24, 2.45) is 0 Å². The van der Waals surface area contributed by atoms with Gasteiger partial charge < -0.3 is 10.1 Å². The summed E-state index contributed by atoms with van der Waals surface area (Å²) in [4.78, 5) is 4.29. The molecular weight excluding hydrogens is 212 g/mol. The van der Waals surface area contributed by atoms with Crippen molar-refractivity contribution < 1.29 is 4.74 Å². The maximum atomic E-state index is 5.12. The molecule has 3 nitrogen and oxygen atoms in total. The molecule has 0 fully saturated rings. The summed E-state index contributed by atoms with van der Waals surface area (Å²) in [7, 11) is 1.67. The molecule has 0 atom stereocenters. The van der Waals surface area contributed by atoms with Gasteiger partial charge in [0.1, 0.15) is 11.6 Å². The van der Waals surface area contributed by atoms with Crippen LogP contribution in [-0.2, 0) is 6.54 Å². The molecule has 3 heteroatoms. The van der Waals surface area contributed by atoms with Crippen LogP contribution in [0.4, 0.5) is 5.82 Å². The Balaban J connectivity index is 2.00. The molecule has 0 aliphatic rings. The number of nitrogens with one attached hydrogen (secondary N) is 1. The molecule has 2 rings (SSSR count). The number of aromatic nitrogens is 1. The number of methoxy groups -OCH3 is 1. The van der Waals surface area contributed by atoms with Crippen molar-refractivity contribution in [1.82, 2.24) is 4.98 Å². The number of rotatable bonds is 4. The average Bonchev–Trinajstić information content (AvgIpc) is 2.38. The van der Waals surface area contributed by atoms with Crippen molar-refractivity contribution in [3.8, 4) is 5.75 Å². The predicted octanol–water partition coefficient (Wildman–Crippen LogP) is 3.01. The number of pyridine rings is 1. The van der Waals surface area contributed by atoms with E-state index in [1.54, 1.807) is 13.3 Å². The van der Waals surface area contributed by atoms with E-state index in [-0.39, 0.29) is 0 Å². The first-order valence-electron chi connectivity index (χ1n) is 5.58. The normalized spacial score (nSPS) is 10.0. The summed E-state index contributed by atoms with van der Waals surface area (Å²) in [6.45, 7) is 2.81. The van der Waals surface area contributed by atoms with Crippen LogP contribution < -0.4 is 10.1 Å². The predicted molar refractivity (Wildman–Crippen MR) is 69.3 cm³/mol. The van der Waals surface area contributed by atoms with E-state index in [2.05, 4.69) is 10.3 Å². The van der Waals surface area contributed by atoms with Crippen molar-refractivity contribution in [1.29, 1.82) is 0 Å². The maximum absolute atomic E-state index is 5.12. The molecule has 1 aromatic carbocycles. The second-order valence-electron chi connectivity index (χ2n) is 3.87. The van der Waals surface area contributed by atoms with Gasteiger partial charge in [-0.1, -0.05) is 18.2 Å². The van der Waals surface area contributed by atoms with E-state index in [0.29, 0.717) is 0 Å². The minimum absolute atomic E-state index is 0.766. The lowest BCUT2D eigenvalue weighted by molar-refractivity contribution is 0.414. The second kappa shape index (κ2) is 5.34. The standard InChI is InChI=1S/C14H16N2O/c1-11-4-3-9-15-14(11)16-10-12-5-7-13(17-2)8-6-12/h3-9H,10H2,1-2H3,(H,15,16). The third-order valence-corrected chi connectivity index (χ3v) is 2.63. The summed E-state index contributed by atoms with van der Waals surface area (Å²) >= 11 is 0. The summed E-state index contributed by atoms with van der Waals surface area (Å²) < 4.78 is 5.12. The highest BCUT2D eigenvalue weighted by Gasteiger charge is 1.98. The van der Waals surface area contributed by atoms with Gasteiger partial charge in [-0.15, -0.1) is 0 Å². The molecule has 0 amide bonds. The SMILES string of the molecule is COc1ccc(CNc2ncccc2C)cc1. The van der Waals surface area contributed by atoms with Gasteiger partial charge in [0.25, 0.3) is 0 Å². The first-order valence-corrected chi connectivity index (χ1v) is 5.58. The highest BCUT2D eigenvalue weighted by atomic mass is 16.5. The lowest BCUT2D eigenvalue weighted by Gasteiger charge is -2.08. The number of aryl methyl sites for hydroxylation is 1. The van der Waals surface area contributed by atoms with Crippen LogP contribution >= 0.6 is 0 Å². The van der Waals surface area contributed by atoms with E-state index in [1.165, 1.54) is 5.56 Å². The summed E-state index contributed by atoms with van der Waals surface area (Å²) in [5.74, 6) is 1.81. The topological polar surface area (TPSA) is 34.1 Å². The Morgan fingerprint density at radius 2 is 1.94 bits per heavy atom. The number of hydrogen-bond donors (Lipinski definition) is 1. The molecule has 2 aromatic rings. The summed E-state index contributed by atoms with van der Waals surface area (Å²) in [6.07, 6.45) is 1.79. The summed E-state index contributed by atoms with van der Waals surface area (Å²) in [5, 5.41) is 3.31. The first-order chi connectivity index (χ1) is 8.29. The molecule has 0 unspecified atom stereocenters. The van der Waals surface area contributed by atoms with Crippen LogP contribution in [-0.4, -0.2) is 12.1 Å². The Morgan fingerprint density at radius 1 is 1.18 bits per heavy atom. The van der Waals surface area contributed by atoms with Gasteiger partial charge in [0.2, 0.25) is 0 Å². The van der Waals surface area contributed by atoms with Crippen molar-refractivity contribution in [3.63, 3.8) is 0 Å². The zero-order valence-electron chi connectivity index (χ0n) is 10.1. The molecular formula is C14H16N2O. The lowest BCUT2D eigenvalue weighted by atomic mass is 10.2. The smallest absolute Gasteiger partial charge is 0.129 e. The molecule has 0 spiro atoms. The van der Waals surface area contributed by atoms with Crippen LogP contribution in [0.15, 0.2) is 42.6 Å². The first kappa shape index (κ1) is 11.5. The molecule has 17 heavy (non-hydrogen) atoms. The molecule has 0 saturated carbocycles. The van der Waals surface area contributed by atoms with E-state index in [4.69, 9.17) is 4.74 Å². The summed E-state index contributed by atoms with van der Waals surface area (Å²) in [5.41, 5.74) is 2.36. The Kier molecular flexibility index (Phi) is 3.60. The number of hydrogen-bond acceptors (Lipinski definition) is 3. The minimum Gasteiger partial charge on any atom is -0.497 e. The van der Waals surface area contributed by atoms with Crippen molar-refractivity contribution >= 4 is 5.82 Å². The molecule has 1 N–H and O–H groups in total. The van der Waals surface area contributed by atoms with Crippen LogP contribution in [0.1, 0.15) is 11.1 Å². The average molecular weight is 228 g/mol. The van der Waals surface area contributed by atoms with Gasteiger partial charge in [-0.25, -0.2) is 4.98 Å². The monoisotopic (exact) mass is 228 g/mol. The Hall–Kier alpha value is -2.03. The van der Waals surface area contributed by atoms with Gasteiger partial charge in [0.05, 0.1) is 7.11 Å². The van der Waals surface area contributed by atoms with Crippen molar-refractivity contribution in [2.45, 2.75) is 13.5 Å². The second-order valence-corrected chi connectivity index (χ2v) is 3.87. The van der Waals surface area contributed by atoms with Gasteiger partial charge in [-0.3, -0.25) is 0 Å². The van der Waals surface area contributed by atoms with Crippen LogP contribution in [0.2, 0.25) is 0 Å².